The minimum absolute atomic E-state index is 0.386. The van der Waals surface area contributed by atoms with Gasteiger partial charge in [0.05, 0.1) is 37.3 Å². The van der Waals surface area contributed by atoms with E-state index < -0.39 is 5.69 Å². The van der Waals surface area contributed by atoms with E-state index in [0.29, 0.717) is 38.9 Å². The van der Waals surface area contributed by atoms with Crippen molar-refractivity contribution in [2.45, 2.75) is 0 Å². The molecular formula is C17H13ClN4O3. The lowest BCUT2D eigenvalue weighted by atomic mass is 10.1. The van der Waals surface area contributed by atoms with Crippen LogP contribution in [-0.2, 0) is 0 Å². The number of halogens is 1. The molecule has 3 aromatic rings. The quantitative estimate of drug-likeness (QED) is 0.780. The second kappa shape index (κ2) is 5.78. The van der Waals surface area contributed by atoms with Crippen LogP contribution in [0.3, 0.4) is 0 Å². The van der Waals surface area contributed by atoms with Crippen LogP contribution in [0, 0.1) is 0 Å². The van der Waals surface area contributed by atoms with Crippen LogP contribution in [0.5, 0.6) is 11.5 Å². The molecule has 0 unspecified atom stereocenters. The number of nitrogens with zero attached hydrogens (tertiary/aromatic N) is 3. The van der Waals surface area contributed by atoms with Crippen LogP contribution in [0.1, 0.15) is 0 Å². The van der Waals surface area contributed by atoms with Crippen molar-refractivity contribution >= 4 is 40.3 Å². The summed E-state index contributed by atoms with van der Waals surface area (Å²) in [5, 5.41) is 4.24. The van der Waals surface area contributed by atoms with Crippen LogP contribution >= 0.6 is 11.6 Å². The molecule has 0 saturated heterocycles. The lowest BCUT2D eigenvalue weighted by Crippen LogP contribution is -2.23. The number of methoxy groups -OCH3 is 2. The molecule has 0 fully saturated rings. The van der Waals surface area contributed by atoms with E-state index in [1.807, 2.05) is 0 Å². The molecular weight excluding hydrogens is 344 g/mol. The van der Waals surface area contributed by atoms with Gasteiger partial charge >= 0.3 is 5.69 Å². The number of aliphatic imine (C=N–C) groups is 1. The monoisotopic (exact) mass is 356 g/mol. The number of hydrogen-bond acceptors (Lipinski definition) is 6. The molecule has 0 saturated carbocycles. The zero-order valence-electron chi connectivity index (χ0n) is 13.4. The molecule has 1 aromatic heterocycles. The zero-order valence-corrected chi connectivity index (χ0v) is 14.2. The maximum Gasteiger partial charge on any atom is 0.354 e. The van der Waals surface area contributed by atoms with Gasteiger partial charge in [-0.15, -0.1) is 0 Å². The van der Waals surface area contributed by atoms with Gasteiger partial charge in [-0.25, -0.2) is 14.4 Å². The van der Waals surface area contributed by atoms with E-state index in [4.69, 9.17) is 21.1 Å². The first kappa shape index (κ1) is 15.5. The van der Waals surface area contributed by atoms with E-state index in [1.165, 1.54) is 25.1 Å². The van der Waals surface area contributed by atoms with Gasteiger partial charge in [-0.1, -0.05) is 17.7 Å². The summed E-state index contributed by atoms with van der Waals surface area (Å²) in [5.41, 5.74) is 1.21. The van der Waals surface area contributed by atoms with Gasteiger partial charge < -0.3 is 14.8 Å². The standard InChI is InChI=1S/C17H13ClN4O3/c1-24-12-7-11-13-14(15(12)25-2)21-17(23)22(16(13)20-8-19-11)10-5-3-4-9(18)6-10/h3-8H,1-2H3,(H,19,20). The van der Waals surface area contributed by atoms with E-state index in [1.54, 1.807) is 30.3 Å². The zero-order chi connectivity index (χ0) is 17.6. The second-order valence-electron chi connectivity index (χ2n) is 5.32. The highest BCUT2D eigenvalue weighted by atomic mass is 35.5. The molecule has 8 heteroatoms. The summed E-state index contributed by atoms with van der Waals surface area (Å²) in [7, 11) is 3.03. The summed E-state index contributed by atoms with van der Waals surface area (Å²) >= 11 is 6.07. The van der Waals surface area contributed by atoms with E-state index >= 15 is 0 Å². The highest BCUT2D eigenvalue weighted by molar-refractivity contribution is 6.30. The van der Waals surface area contributed by atoms with Crippen molar-refractivity contribution in [2.24, 2.45) is 4.99 Å². The minimum atomic E-state index is -0.485. The fraction of sp³-hybridized carbons (Fsp3) is 0.118. The molecule has 0 radical (unpaired) electrons. The first-order valence-corrected chi connectivity index (χ1v) is 7.78. The SMILES string of the molecule is COc1cc2c3c(n(-c4cccc(Cl)c4)c(=O)nc3c1OC)N=CN2. The van der Waals surface area contributed by atoms with Gasteiger partial charge in [-0.3, -0.25) is 0 Å². The first-order chi connectivity index (χ1) is 12.1. The Morgan fingerprint density at radius 1 is 1.20 bits per heavy atom. The third kappa shape index (κ3) is 2.32. The van der Waals surface area contributed by atoms with Crippen molar-refractivity contribution in [1.29, 1.82) is 0 Å². The second-order valence-corrected chi connectivity index (χ2v) is 5.76. The average Bonchev–Trinajstić information content (AvgIpc) is 2.61. The Morgan fingerprint density at radius 2 is 2.04 bits per heavy atom. The molecule has 0 atom stereocenters. The van der Waals surface area contributed by atoms with Gasteiger partial charge in [0.2, 0.25) is 0 Å². The Kier molecular flexibility index (Phi) is 3.58. The number of ether oxygens (including phenoxy) is 2. The van der Waals surface area contributed by atoms with Crippen molar-refractivity contribution in [2.75, 3.05) is 19.5 Å². The summed E-state index contributed by atoms with van der Waals surface area (Å²) < 4.78 is 12.2. The van der Waals surface area contributed by atoms with E-state index in [-0.39, 0.29) is 0 Å². The van der Waals surface area contributed by atoms with Crippen LogP contribution in [-0.4, -0.2) is 30.1 Å². The molecule has 0 amide bonds. The van der Waals surface area contributed by atoms with Crippen LogP contribution < -0.4 is 20.5 Å². The van der Waals surface area contributed by atoms with E-state index in [2.05, 4.69) is 15.3 Å². The average molecular weight is 357 g/mol. The first-order valence-electron chi connectivity index (χ1n) is 7.41. The molecule has 1 aliphatic rings. The number of hydrogen-bond donors (Lipinski definition) is 1. The normalized spacial score (nSPS) is 12.1. The van der Waals surface area contributed by atoms with Gasteiger partial charge in [-0.05, 0) is 18.2 Å². The number of nitrogens with one attached hydrogen (secondary N) is 1. The molecule has 1 aliphatic heterocycles. The summed E-state index contributed by atoms with van der Waals surface area (Å²) in [6.45, 7) is 0. The smallest absolute Gasteiger partial charge is 0.354 e. The number of anilines is 1. The van der Waals surface area contributed by atoms with Gasteiger partial charge in [0.25, 0.3) is 0 Å². The summed E-state index contributed by atoms with van der Waals surface area (Å²) in [4.78, 5) is 21.3. The van der Waals surface area contributed by atoms with Crippen molar-refractivity contribution in [3.05, 3.63) is 45.8 Å². The van der Waals surface area contributed by atoms with Crippen LogP contribution in [0.25, 0.3) is 16.6 Å². The third-order valence-corrected chi connectivity index (χ3v) is 4.19. The molecule has 2 aromatic carbocycles. The molecule has 7 nitrogen and oxygen atoms in total. The predicted octanol–water partition coefficient (Wildman–Crippen LogP) is 3.14. The van der Waals surface area contributed by atoms with E-state index in [9.17, 15) is 4.79 Å². The lowest BCUT2D eigenvalue weighted by Gasteiger charge is -2.20. The molecule has 0 spiro atoms. The summed E-state index contributed by atoms with van der Waals surface area (Å²) in [5.74, 6) is 1.31. The van der Waals surface area contributed by atoms with E-state index in [0.717, 1.165) is 5.69 Å². The Labute approximate surface area is 147 Å². The number of aromatic nitrogens is 2. The third-order valence-electron chi connectivity index (χ3n) is 3.95. The molecule has 25 heavy (non-hydrogen) atoms. The Morgan fingerprint density at radius 3 is 2.76 bits per heavy atom. The number of rotatable bonds is 3. The Hall–Kier alpha value is -3.06. The summed E-state index contributed by atoms with van der Waals surface area (Å²) in [6, 6.07) is 8.74. The number of benzene rings is 2. The highest BCUT2D eigenvalue weighted by Gasteiger charge is 2.23. The highest BCUT2D eigenvalue weighted by Crippen LogP contribution is 2.43. The topological polar surface area (TPSA) is 77.7 Å². The predicted molar refractivity (Wildman–Crippen MR) is 97.2 cm³/mol. The van der Waals surface area contributed by atoms with Crippen molar-refractivity contribution < 1.29 is 9.47 Å². The van der Waals surface area contributed by atoms with Gasteiger partial charge in [0.1, 0.15) is 5.52 Å². The summed E-state index contributed by atoms with van der Waals surface area (Å²) in [6.07, 6.45) is 1.52. The van der Waals surface area contributed by atoms with Crippen molar-refractivity contribution in [1.82, 2.24) is 9.55 Å². The van der Waals surface area contributed by atoms with Crippen LogP contribution in [0.2, 0.25) is 5.02 Å². The minimum Gasteiger partial charge on any atom is -0.493 e. The van der Waals surface area contributed by atoms with Crippen molar-refractivity contribution in [3.63, 3.8) is 0 Å². The fourth-order valence-corrected chi connectivity index (χ4v) is 3.09. The van der Waals surface area contributed by atoms with Crippen LogP contribution in [0.15, 0.2) is 40.1 Å². The van der Waals surface area contributed by atoms with Gasteiger partial charge in [0.15, 0.2) is 17.3 Å². The van der Waals surface area contributed by atoms with Crippen molar-refractivity contribution in [3.8, 4) is 17.2 Å². The lowest BCUT2D eigenvalue weighted by molar-refractivity contribution is 0.358. The molecule has 0 bridgehead atoms. The molecule has 0 aliphatic carbocycles. The molecule has 126 valence electrons. The Bertz CT molecular complexity index is 1090. The molecule has 4 rings (SSSR count). The maximum atomic E-state index is 12.7. The maximum absolute atomic E-state index is 12.7. The largest absolute Gasteiger partial charge is 0.493 e. The molecule has 2 heterocycles. The van der Waals surface area contributed by atoms with Gasteiger partial charge in [-0.2, -0.15) is 4.98 Å². The van der Waals surface area contributed by atoms with Gasteiger partial charge in [0, 0.05) is 11.1 Å². The molecule has 1 N–H and O–H groups in total. The fourth-order valence-electron chi connectivity index (χ4n) is 2.90. The Balaban J connectivity index is 2.16. The van der Waals surface area contributed by atoms with Crippen LogP contribution in [0.4, 0.5) is 11.5 Å².